The van der Waals surface area contributed by atoms with Crippen molar-refractivity contribution in [2.24, 2.45) is 0 Å². The van der Waals surface area contributed by atoms with Crippen LogP contribution >= 0.6 is 0 Å². The third-order valence-electron chi connectivity index (χ3n) is 1.94. The van der Waals surface area contributed by atoms with Gasteiger partial charge in [0, 0.05) is 6.20 Å². The molecule has 0 fully saturated rings. The van der Waals surface area contributed by atoms with Gasteiger partial charge in [-0.25, -0.2) is 9.78 Å². The Morgan fingerprint density at radius 2 is 2.07 bits per heavy atom. The minimum absolute atomic E-state index is 0.231. The van der Waals surface area contributed by atoms with E-state index >= 15 is 0 Å². The number of aromatic nitrogens is 1. The topological polar surface area (TPSA) is 50.2 Å². The molecule has 0 atom stereocenters. The maximum atomic E-state index is 12.9. The van der Waals surface area contributed by atoms with Crippen LogP contribution in [0.5, 0.6) is 0 Å². The lowest BCUT2D eigenvalue weighted by molar-refractivity contribution is 0.0690. The van der Waals surface area contributed by atoms with Gasteiger partial charge in [0.2, 0.25) is 5.95 Å². The number of hydrogen-bond donors (Lipinski definition) is 1. The molecule has 0 amide bonds. The maximum absolute atomic E-state index is 12.9. The fourth-order valence-corrected chi connectivity index (χ4v) is 1.01. The minimum Gasteiger partial charge on any atom is -0.478 e. The van der Waals surface area contributed by atoms with Gasteiger partial charge in [-0.1, -0.05) is 20.8 Å². The molecule has 1 N–H and O–H groups in total. The van der Waals surface area contributed by atoms with Crippen LogP contribution < -0.4 is 0 Å². The van der Waals surface area contributed by atoms with Gasteiger partial charge < -0.3 is 5.11 Å². The molecule has 1 rings (SSSR count). The molecule has 1 aromatic heterocycles. The fraction of sp³-hybridized carbons (Fsp3) is 0.400. The first-order valence-electron chi connectivity index (χ1n) is 4.21. The van der Waals surface area contributed by atoms with Crippen LogP contribution in [0, 0.1) is 5.95 Å². The van der Waals surface area contributed by atoms with Crippen LogP contribution in [0.3, 0.4) is 0 Å². The van der Waals surface area contributed by atoms with Crippen molar-refractivity contribution in [1.82, 2.24) is 4.98 Å². The first-order valence-corrected chi connectivity index (χ1v) is 4.21. The summed E-state index contributed by atoms with van der Waals surface area (Å²) in [5.41, 5.74) is 0.0963. The first kappa shape index (κ1) is 10.6. The van der Waals surface area contributed by atoms with Gasteiger partial charge in [0.15, 0.2) is 0 Å². The Morgan fingerprint density at radius 3 is 2.50 bits per heavy atom. The summed E-state index contributed by atoms with van der Waals surface area (Å²) in [6, 6.07) is 1.32. The molecule has 1 aromatic rings. The van der Waals surface area contributed by atoms with Gasteiger partial charge in [-0.3, -0.25) is 0 Å². The molecule has 0 saturated carbocycles. The molecule has 0 aliphatic carbocycles. The molecule has 76 valence electrons. The van der Waals surface area contributed by atoms with E-state index in [2.05, 4.69) is 4.98 Å². The third-order valence-corrected chi connectivity index (χ3v) is 1.94. The standard InChI is InChI=1S/C10H12FNO2/c1-10(2,3)6-4-7(9(13)14)8(11)12-5-6/h4-5H,1-3H3,(H,13,14). The lowest BCUT2D eigenvalue weighted by Crippen LogP contribution is -2.14. The second-order valence-corrected chi connectivity index (χ2v) is 4.12. The van der Waals surface area contributed by atoms with E-state index in [1.54, 1.807) is 0 Å². The summed E-state index contributed by atoms with van der Waals surface area (Å²) in [6.45, 7) is 5.73. The first-order chi connectivity index (χ1) is 6.32. The Morgan fingerprint density at radius 1 is 1.50 bits per heavy atom. The lowest BCUT2D eigenvalue weighted by Gasteiger charge is -2.18. The fourth-order valence-electron chi connectivity index (χ4n) is 1.01. The predicted molar refractivity (Wildman–Crippen MR) is 49.9 cm³/mol. The molecule has 3 nitrogen and oxygen atoms in total. The highest BCUT2D eigenvalue weighted by atomic mass is 19.1. The molecule has 0 bridgehead atoms. The quantitative estimate of drug-likeness (QED) is 0.702. The van der Waals surface area contributed by atoms with Crippen LogP contribution in [0.15, 0.2) is 12.3 Å². The monoisotopic (exact) mass is 197 g/mol. The highest BCUT2D eigenvalue weighted by molar-refractivity contribution is 5.87. The third kappa shape index (κ3) is 2.07. The number of carbonyl (C=O) groups is 1. The van der Waals surface area contributed by atoms with E-state index < -0.39 is 11.9 Å². The Balaban J connectivity index is 3.27. The maximum Gasteiger partial charge on any atom is 0.340 e. The molecule has 0 aliphatic heterocycles. The highest BCUT2D eigenvalue weighted by Gasteiger charge is 2.19. The molecule has 14 heavy (non-hydrogen) atoms. The van der Waals surface area contributed by atoms with Crippen molar-refractivity contribution >= 4 is 5.97 Å². The number of carboxylic acid groups (broad SMARTS) is 1. The minimum atomic E-state index is -1.29. The molecule has 0 radical (unpaired) electrons. The average molecular weight is 197 g/mol. The van der Waals surface area contributed by atoms with Crippen molar-refractivity contribution in [1.29, 1.82) is 0 Å². The van der Waals surface area contributed by atoms with Gasteiger partial charge in [-0.15, -0.1) is 0 Å². The van der Waals surface area contributed by atoms with Gasteiger partial charge >= 0.3 is 5.97 Å². The number of pyridine rings is 1. The van der Waals surface area contributed by atoms with Gasteiger partial charge in [0.1, 0.15) is 5.56 Å². The molecule has 0 aromatic carbocycles. The average Bonchev–Trinajstić information content (AvgIpc) is 2.02. The van der Waals surface area contributed by atoms with E-state index in [9.17, 15) is 9.18 Å². The molecule has 4 heteroatoms. The summed E-state index contributed by atoms with van der Waals surface area (Å²) in [7, 11) is 0. The number of hydrogen-bond acceptors (Lipinski definition) is 2. The molecular formula is C10H12FNO2. The second-order valence-electron chi connectivity index (χ2n) is 4.12. The lowest BCUT2D eigenvalue weighted by atomic mass is 9.87. The summed E-state index contributed by atoms with van der Waals surface area (Å²) >= 11 is 0. The van der Waals surface area contributed by atoms with Gasteiger partial charge in [-0.2, -0.15) is 4.39 Å². The normalized spacial score (nSPS) is 11.4. The Bertz CT molecular complexity index is 369. The van der Waals surface area contributed by atoms with Crippen molar-refractivity contribution in [2.45, 2.75) is 26.2 Å². The van der Waals surface area contributed by atoms with Gasteiger partial charge in [0.05, 0.1) is 0 Å². The van der Waals surface area contributed by atoms with E-state index in [1.807, 2.05) is 20.8 Å². The summed E-state index contributed by atoms with van der Waals surface area (Å²) in [6.07, 6.45) is 1.36. The zero-order chi connectivity index (χ0) is 10.9. The summed E-state index contributed by atoms with van der Waals surface area (Å²) in [5, 5.41) is 8.68. The van der Waals surface area contributed by atoms with Crippen molar-refractivity contribution in [3.63, 3.8) is 0 Å². The molecule has 0 unspecified atom stereocenters. The number of halogens is 1. The van der Waals surface area contributed by atoms with E-state index in [0.717, 1.165) is 0 Å². The van der Waals surface area contributed by atoms with Crippen LogP contribution in [-0.2, 0) is 5.41 Å². The SMILES string of the molecule is CC(C)(C)c1cnc(F)c(C(=O)O)c1. The summed E-state index contributed by atoms with van der Waals surface area (Å²) in [5.74, 6) is -2.23. The zero-order valence-electron chi connectivity index (χ0n) is 8.34. The Kier molecular flexibility index (Phi) is 2.55. The van der Waals surface area contributed by atoms with Crippen LogP contribution in [0.25, 0.3) is 0 Å². The van der Waals surface area contributed by atoms with Gasteiger partial charge in [0.25, 0.3) is 0 Å². The predicted octanol–water partition coefficient (Wildman–Crippen LogP) is 2.22. The number of nitrogens with zero attached hydrogens (tertiary/aromatic N) is 1. The van der Waals surface area contributed by atoms with Crippen LogP contribution in [0.1, 0.15) is 36.7 Å². The summed E-state index contributed by atoms with van der Waals surface area (Å²) < 4.78 is 12.9. The van der Waals surface area contributed by atoms with E-state index in [1.165, 1.54) is 12.3 Å². The Hall–Kier alpha value is -1.45. The van der Waals surface area contributed by atoms with Crippen molar-refractivity contribution < 1.29 is 14.3 Å². The number of aromatic carboxylic acids is 1. The van der Waals surface area contributed by atoms with E-state index in [4.69, 9.17) is 5.11 Å². The van der Waals surface area contributed by atoms with Crippen LogP contribution in [-0.4, -0.2) is 16.1 Å². The number of rotatable bonds is 1. The van der Waals surface area contributed by atoms with E-state index in [-0.39, 0.29) is 11.0 Å². The molecule has 0 saturated heterocycles. The molecule has 1 heterocycles. The van der Waals surface area contributed by atoms with Crippen LogP contribution in [0.4, 0.5) is 4.39 Å². The summed E-state index contributed by atoms with van der Waals surface area (Å²) in [4.78, 5) is 14.0. The van der Waals surface area contributed by atoms with Crippen molar-refractivity contribution in [3.05, 3.63) is 29.3 Å². The van der Waals surface area contributed by atoms with E-state index in [0.29, 0.717) is 5.56 Å². The molecular weight excluding hydrogens is 185 g/mol. The largest absolute Gasteiger partial charge is 0.478 e. The second kappa shape index (κ2) is 3.36. The van der Waals surface area contributed by atoms with Crippen molar-refractivity contribution in [3.8, 4) is 0 Å². The molecule has 0 aliphatic rings. The smallest absolute Gasteiger partial charge is 0.340 e. The highest BCUT2D eigenvalue weighted by Crippen LogP contribution is 2.22. The Labute approximate surface area is 81.6 Å². The zero-order valence-corrected chi connectivity index (χ0v) is 8.34. The van der Waals surface area contributed by atoms with Crippen molar-refractivity contribution in [2.75, 3.05) is 0 Å². The molecule has 0 spiro atoms. The number of carboxylic acids is 1. The van der Waals surface area contributed by atoms with Crippen LogP contribution in [0.2, 0.25) is 0 Å². The van der Waals surface area contributed by atoms with Gasteiger partial charge in [-0.05, 0) is 17.0 Å².